The molecule has 3 heterocycles. The van der Waals surface area contributed by atoms with Gasteiger partial charge in [-0.2, -0.15) is 5.10 Å². The molecule has 198 valence electrons. The third-order valence-electron chi connectivity index (χ3n) is 6.32. The molecule has 0 aliphatic carbocycles. The van der Waals surface area contributed by atoms with Crippen molar-refractivity contribution in [3.8, 4) is 11.3 Å². The lowest BCUT2D eigenvalue weighted by Crippen LogP contribution is -2.58. The molecule has 10 heteroatoms. The maximum absolute atomic E-state index is 12.8. The second kappa shape index (κ2) is 12.2. The number of urea groups is 1. The number of nitrogens with zero attached hydrogens (tertiary/aromatic N) is 5. The van der Waals surface area contributed by atoms with Crippen LogP contribution >= 0.6 is 0 Å². The number of aryl methyl sites for hydroxylation is 1. The highest BCUT2D eigenvalue weighted by Crippen LogP contribution is 2.27. The number of carbonyl (C=O) groups excluding carboxylic acids is 1. The molecule has 3 aromatic rings. The lowest BCUT2D eigenvalue weighted by atomic mass is 9.96. The molecule has 1 aliphatic rings. The van der Waals surface area contributed by atoms with Crippen LogP contribution in [0.2, 0.25) is 0 Å². The molecule has 37 heavy (non-hydrogen) atoms. The first kappa shape index (κ1) is 26.6. The molecule has 2 amide bonds. The number of aromatic nitrogens is 4. The van der Waals surface area contributed by atoms with Gasteiger partial charge in [-0.3, -0.25) is 4.68 Å². The Balaban J connectivity index is 1.40. The minimum atomic E-state index is -0.0658. The Hall–Kier alpha value is -3.50. The quantitative estimate of drug-likeness (QED) is 0.398. The number of hydrogen-bond donors (Lipinski definition) is 2. The Morgan fingerprint density at radius 2 is 2.05 bits per heavy atom. The molecule has 10 nitrogen and oxygen atoms in total. The van der Waals surface area contributed by atoms with Crippen LogP contribution < -0.4 is 10.6 Å². The summed E-state index contributed by atoms with van der Waals surface area (Å²) in [5.41, 5.74) is 4.81. The summed E-state index contributed by atoms with van der Waals surface area (Å²) in [6.07, 6.45) is 6.47. The summed E-state index contributed by atoms with van der Waals surface area (Å²) < 4.78 is 12.7. The summed E-state index contributed by atoms with van der Waals surface area (Å²) in [4.78, 5) is 23.6. The van der Waals surface area contributed by atoms with Gasteiger partial charge in [0.25, 0.3) is 0 Å². The van der Waals surface area contributed by atoms with Crippen molar-refractivity contribution < 1.29 is 14.3 Å². The Bertz CT molecular complexity index is 1190. The summed E-state index contributed by atoms with van der Waals surface area (Å²) in [5.74, 6) is 0.499. The van der Waals surface area contributed by atoms with Crippen LogP contribution in [0.3, 0.4) is 0 Å². The normalized spacial score (nSPS) is 14.5. The number of amides is 2. The number of methoxy groups -OCH3 is 1. The third kappa shape index (κ3) is 6.84. The summed E-state index contributed by atoms with van der Waals surface area (Å²) in [5, 5.41) is 10.7. The Morgan fingerprint density at radius 3 is 2.76 bits per heavy atom. The van der Waals surface area contributed by atoms with Crippen LogP contribution in [0.25, 0.3) is 11.3 Å². The molecule has 0 radical (unpaired) electrons. The highest BCUT2D eigenvalue weighted by molar-refractivity contribution is 5.76. The van der Waals surface area contributed by atoms with Gasteiger partial charge in [0.05, 0.1) is 62.1 Å². The molecular formula is C27H37N7O3. The van der Waals surface area contributed by atoms with Crippen molar-refractivity contribution in [3.63, 3.8) is 0 Å². The Kier molecular flexibility index (Phi) is 8.73. The molecular weight excluding hydrogens is 470 g/mol. The third-order valence-corrected chi connectivity index (χ3v) is 6.32. The van der Waals surface area contributed by atoms with E-state index in [4.69, 9.17) is 14.5 Å². The summed E-state index contributed by atoms with van der Waals surface area (Å²) >= 11 is 0. The predicted molar refractivity (Wildman–Crippen MR) is 143 cm³/mol. The summed E-state index contributed by atoms with van der Waals surface area (Å²) in [7, 11) is 1.67. The van der Waals surface area contributed by atoms with Gasteiger partial charge in [-0.15, -0.1) is 0 Å². The first-order valence-electron chi connectivity index (χ1n) is 12.8. The number of anilines is 2. The molecule has 1 aliphatic heterocycles. The van der Waals surface area contributed by atoms with E-state index < -0.39 is 0 Å². The van der Waals surface area contributed by atoms with Crippen molar-refractivity contribution in [2.75, 3.05) is 32.1 Å². The standard InChI is InChI=1S/C27H37N7O3/c1-6-24(32-27(35)33-16-22(17-33)37-18(2)3)23-8-7-20(13-19(23)4)25-9-10-28-26(31-25)30-21-14-29-34(15-21)11-12-36-5/h7-10,13-15,18,22,24H,6,11-12,16-17H2,1-5H3,(H,32,35)(H,28,30,31). The monoisotopic (exact) mass is 507 g/mol. The number of carbonyl (C=O) groups is 1. The van der Waals surface area contributed by atoms with Crippen molar-refractivity contribution in [2.45, 2.75) is 58.9 Å². The topological polar surface area (TPSA) is 106 Å². The van der Waals surface area contributed by atoms with Crippen LogP contribution in [0.5, 0.6) is 0 Å². The maximum Gasteiger partial charge on any atom is 0.318 e. The zero-order chi connectivity index (χ0) is 26.4. The van der Waals surface area contributed by atoms with Gasteiger partial charge in [0.1, 0.15) is 0 Å². The number of rotatable bonds is 11. The SMILES string of the molecule is CCC(NC(=O)N1CC(OC(C)C)C1)c1ccc(-c2ccnc(Nc3cnn(CCOC)c3)n2)cc1C. The molecule has 1 aromatic carbocycles. The van der Waals surface area contributed by atoms with Gasteiger partial charge in [0.15, 0.2) is 0 Å². The zero-order valence-corrected chi connectivity index (χ0v) is 22.3. The molecule has 2 N–H and O–H groups in total. The fourth-order valence-electron chi connectivity index (χ4n) is 4.39. The van der Waals surface area contributed by atoms with Gasteiger partial charge in [-0.25, -0.2) is 14.8 Å². The average molecular weight is 508 g/mol. The van der Waals surface area contributed by atoms with Crippen LogP contribution in [-0.4, -0.2) is 69.7 Å². The lowest BCUT2D eigenvalue weighted by molar-refractivity contribution is -0.0644. The van der Waals surface area contributed by atoms with Gasteiger partial charge in [0, 0.05) is 25.1 Å². The minimum Gasteiger partial charge on any atom is -0.383 e. The minimum absolute atomic E-state index is 0.0454. The van der Waals surface area contributed by atoms with Gasteiger partial charge in [-0.05, 0) is 50.5 Å². The van der Waals surface area contributed by atoms with Crippen LogP contribution in [0.4, 0.5) is 16.4 Å². The number of hydrogen-bond acceptors (Lipinski definition) is 7. The Morgan fingerprint density at radius 1 is 1.24 bits per heavy atom. The summed E-state index contributed by atoms with van der Waals surface area (Å²) in [6, 6.07) is 8.01. The van der Waals surface area contributed by atoms with Crippen molar-refractivity contribution >= 4 is 17.7 Å². The van der Waals surface area contributed by atoms with Crippen LogP contribution in [0.15, 0.2) is 42.9 Å². The van der Waals surface area contributed by atoms with Crippen molar-refractivity contribution in [1.29, 1.82) is 0 Å². The van der Waals surface area contributed by atoms with E-state index >= 15 is 0 Å². The van der Waals surface area contributed by atoms with Crippen LogP contribution in [0.1, 0.15) is 44.4 Å². The van der Waals surface area contributed by atoms with E-state index in [-0.39, 0.29) is 24.3 Å². The zero-order valence-electron chi connectivity index (χ0n) is 22.3. The molecule has 1 fully saturated rings. The van der Waals surface area contributed by atoms with E-state index in [1.807, 2.05) is 32.2 Å². The van der Waals surface area contributed by atoms with Crippen LogP contribution in [-0.2, 0) is 16.0 Å². The van der Waals surface area contributed by atoms with E-state index in [0.29, 0.717) is 32.2 Å². The second-order valence-corrected chi connectivity index (χ2v) is 9.57. The van der Waals surface area contributed by atoms with E-state index in [0.717, 1.165) is 34.5 Å². The van der Waals surface area contributed by atoms with Crippen molar-refractivity contribution in [3.05, 3.63) is 54.0 Å². The summed E-state index contributed by atoms with van der Waals surface area (Å²) in [6.45, 7) is 10.7. The largest absolute Gasteiger partial charge is 0.383 e. The number of nitrogens with one attached hydrogen (secondary N) is 2. The van der Waals surface area contributed by atoms with E-state index in [9.17, 15) is 4.79 Å². The second-order valence-electron chi connectivity index (χ2n) is 9.57. The maximum atomic E-state index is 12.8. The number of ether oxygens (including phenoxy) is 2. The highest BCUT2D eigenvalue weighted by Gasteiger charge is 2.33. The van der Waals surface area contributed by atoms with E-state index in [2.05, 4.69) is 46.7 Å². The number of likely N-dealkylation sites (tertiary alicyclic amines) is 1. The Labute approximate surface area is 218 Å². The van der Waals surface area contributed by atoms with Crippen LogP contribution in [0, 0.1) is 6.92 Å². The molecule has 2 aromatic heterocycles. The lowest BCUT2D eigenvalue weighted by Gasteiger charge is -2.40. The van der Waals surface area contributed by atoms with Gasteiger partial charge >= 0.3 is 6.03 Å². The van der Waals surface area contributed by atoms with E-state index in [1.165, 1.54) is 0 Å². The smallest absolute Gasteiger partial charge is 0.318 e. The van der Waals surface area contributed by atoms with E-state index in [1.54, 1.807) is 29.1 Å². The molecule has 4 rings (SSSR count). The van der Waals surface area contributed by atoms with Gasteiger partial charge in [-0.1, -0.05) is 19.1 Å². The fraction of sp³-hybridized carbons (Fsp3) is 0.481. The molecule has 1 saturated heterocycles. The average Bonchev–Trinajstić information content (AvgIpc) is 3.30. The molecule has 0 saturated carbocycles. The van der Waals surface area contributed by atoms with Gasteiger partial charge < -0.3 is 25.0 Å². The molecule has 0 bridgehead atoms. The highest BCUT2D eigenvalue weighted by atomic mass is 16.5. The van der Waals surface area contributed by atoms with Crippen molar-refractivity contribution in [1.82, 2.24) is 30.0 Å². The molecule has 1 unspecified atom stereocenters. The first-order chi connectivity index (χ1) is 17.9. The van der Waals surface area contributed by atoms with Gasteiger partial charge in [0.2, 0.25) is 5.95 Å². The molecule has 0 spiro atoms. The first-order valence-corrected chi connectivity index (χ1v) is 12.8. The van der Waals surface area contributed by atoms with Crippen molar-refractivity contribution in [2.24, 2.45) is 0 Å². The predicted octanol–water partition coefficient (Wildman–Crippen LogP) is 4.31. The number of benzene rings is 1. The fourth-order valence-corrected chi connectivity index (χ4v) is 4.39. The molecule has 1 atom stereocenters.